The summed E-state index contributed by atoms with van der Waals surface area (Å²) < 4.78 is 39.9. The Morgan fingerprint density at radius 1 is 1.03 bits per heavy atom. The van der Waals surface area contributed by atoms with E-state index in [1.165, 1.54) is 12.1 Å². The van der Waals surface area contributed by atoms with Crippen LogP contribution in [0.3, 0.4) is 0 Å². The van der Waals surface area contributed by atoms with Crippen molar-refractivity contribution >= 4 is 23.4 Å². The van der Waals surface area contributed by atoms with Crippen molar-refractivity contribution in [1.82, 2.24) is 4.90 Å². The number of carbonyl (C=O) groups excluding carboxylic acids is 3. The molecule has 1 aliphatic heterocycles. The summed E-state index contributed by atoms with van der Waals surface area (Å²) in [5, 5.41) is 0. The molecule has 1 aromatic rings. The van der Waals surface area contributed by atoms with Gasteiger partial charge in [-0.15, -0.1) is 0 Å². The maximum absolute atomic E-state index is 13.3. The first kappa shape index (κ1) is 19.3. The third kappa shape index (κ3) is 2.72. The first-order valence-corrected chi connectivity index (χ1v) is 10.2. The van der Waals surface area contributed by atoms with Crippen molar-refractivity contribution < 1.29 is 27.6 Å². The number of anilines is 1. The predicted octanol–water partition coefficient (Wildman–Crippen LogP) is 3.15. The average molecular weight is 418 g/mol. The molecule has 1 saturated heterocycles. The second-order valence-electron chi connectivity index (χ2n) is 8.65. The van der Waals surface area contributed by atoms with E-state index in [-0.39, 0.29) is 17.5 Å². The number of aryl methyl sites for hydroxylation is 1. The van der Waals surface area contributed by atoms with Crippen molar-refractivity contribution in [3.8, 4) is 0 Å². The van der Waals surface area contributed by atoms with Crippen molar-refractivity contribution in [2.75, 3.05) is 11.6 Å². The molecule has 4 aliphatic carbocycles. The lowest BCUT2D eigenvalue weighted by Gasteiger charge is -2.37. The fourth-order valence-electron chi connectivity index (χ4n) is 5.63. The Balaban J connectivity index is 1.45. The largest absolute Gasteiger partial charge is 0.471 e. The van der Waals surface area contributed by atoms with Crippen LogP contribution in [0, 0.1) is 35.5 Å². The summed E-state index contributed by atoms with van der Waals surface area (Å²) in [6.45, 7) is 1.19. The Morgan fingerprint density at radius 2 is 1.57 bits per heavy atom. The molecule has 3 fully saturated rings. The Morgan fingerprint density at radius 3 is 2.03 bits per heavy atom. The smallest absolute Gasteiger partial charge is 0.286 e. The number of nitrogens with zero attached hydrogens (tertiary/aromatic N) is 2. The van der Waals surface area contributed by atoms with Crippen LogP contribution in [0.15, 0.2) is 36.4 Å². The lowest BCUT2D eigenvalue weighted by Crippen LogP contribution is -2.49. The summed E-state index contributed by atoms with van der Waals surface area (Å²) in [7, 11) is 0. The summed E-state index contributed by atoms with van der Waals surface area (Å²) in [6.07, 6.45) is 0.564. The maximum atomic E-state index is 13.3. The van der Waals surface area contributed by atoms with E-state index in [4.69, 9.17) is 0 Å². The number of carbonyl (C=O) groups is 3. The highest BCUT2D eigenvalue weighted by molar-refractivity contribution is 6.07. The van der Waals surface area contributed by atoms with E-state index < -0.39 is 42.4 Å². The predicted molar refractivity (Wildman–Crippen MR) is 101 cm³/mol. The average Bonchev–Trinajstić information content (AvgIpc) is 3.51. The van der Waals surface area contributed by atoms with E-state index in [1.54, 1.807) is 12.1 Å². The van der Waals surface area contributed by atoms with Gasteiger partial charge in [-0.1, -0.05) is 31.2 Å². The molecule has 0 aromatic heterocycles. The van der Waals surface area contributed by atoms with Crippen molar-refractivity contribution in [1.29, 1.82) is 0 Å². The normalized spacial score (nSPS) is 33.5. The Hall–Kier alpha value is -2.64. The lowest BCUT2D eigenvalue weighted by atomic mass is 9.63. The zero-order valence-corrected chi connectivity index (χ0v) is 16.3. The molecule has 3 amide bonds. The molecule has 0 radical (unpaired) electrons. The van der Waals surface area contributed by atoms with Crippen LogP contribution in [0.25, 0.3) is 0 Å². The molecule has 6 atom stereocenters. The molecule has 5 aliphatic rings. The molecule has 2 saturated carbocycles. The number of benzene rings is 1. The van der Waals surface area contributed by atoms with Crippen molar-refractivity contribution in [3.63, 3.8) is 0 Å². The summed E-state index contributed by atoms with van der Waals surface area (Å²) >= 11 is 0. The molecule has 2 bridgehead atoms. The molecule has 0 N–H and O–H groups in total. The fraction of sp³-hybridized carbons (Fsp3) is 0.500. The third-order valence-electron chi connectivity index (χ3n) is 7.18. The zero-order chi connectivity index (χ0) is 21.4. The zero-order valence-electron chi connectivity index (χ0n) is 16.3. The van der Waals surface area contributed by atoms with E-state index >= 15 is 0 Å². The number of alkyl halides is 3. The van der Waals surface area contributed by atoms with E-state index in [0.29, 0.717) is 23.2 Å². The number of allylic oxidation sites excluding steroid dienone is 2. The number of halogens is 3. The molecular formula is C22H21F3N2O3. The second kappa shape index (κ2) is 6.43. The number of likely N-dealkylation sites (tertiary alicyclic amines) is 1. The van der Waals surface area contributed by atoms with Gasteiger partial charge in [-0.2, -0.15) is 13.2 Å². The topological polar surface area (TPSA) is 57.7 Å². The van der Waals surface area contributed by atoms with Gasteiger partial charge in [-0.3, -0.25) is 24.2 Å². The molecule has 1 heterocycles. The van der Waals surface area contributed by atoms with Gasteiger partial charge in [-0.25, -0.2) is 0 Å². The maximum Gasteiger partial charge on any atom is 0.471 e. The highest BCUT2D eigenvalue weighted by Crippen LogP contribution is 2.65. The van der Waals surface area contributed by atoms with Crippen LogP contribution in [0.4, 0.5) is 18.9 Å². The van der Waals surface area contributed by atoms with Gasteiger partial charge in [0.1, 0.15) is 6.67 Å². The standard InChI is InChI=1S/C22H21F3N2O3/c1-2-11-3-5-12(6-4-11)26(21(30)22(23,24)25)10-27-19(28)17-13-7-8-14(16-9-15(13)16)18(17)20(27)29/h3-8,13-18H,2,9-10H2,1H3/t13-,14-,15-,16+,17-,18-/m1/s1. The molecule has 8 heteroatoms. The Bertz CT molecular complexity index is 919. The number of imide groups is 1. The molecule has 158 valence electrons. The van der Waals surface area contributed by atoms with E-state index in [1.807, 2.05) is 19.1 Å². The minimum absolute atomic E-state index is 0.00828. The van der Waals surface area contributed by atoms with Crippen LogP contribution >= 0.6 is 0 Å². The van der Waals surface area contributed by atoms with Crippen LogP contribution in [0.1, 0.15) is 18.9 Å². The van der Waals surface area contributed by atoms with Gasteiger partial charge in [0.2, 0.25) is 11.8 Å². The minimum atomic E-state index is -5.12. The first-order valence-electron chi connectivity index (χ1n) is 10.2. The van der Waals surface area contributed by atoms with Gasteiger partial charge in [-0.05, 0) is 54.2 Å². The summed E-state index contributed by atoms with van der Waals surface area (Å²) in [4.78, 5) is 39.7. The molecule has 30 heavy (non-hydrogen) atoms. The van der Waals surface area contributed by atoms with Crippen LogP contribution in [-0.2, 0) is 20.8 Å². The highest BCUT2D eigenvalue weighted by Gasteiger charge is 2.67. The molecule has 0 spiro atoms. The number of hydrogen-bond donors (Lipinski definition) is 0. The number of rotatable bonds is 4. The third-order valence-corrected chi connectivity index (χ3v) is 7.18. The van der Waals surface area contributed by atoms with Crippen molar-refractivity contribution in [3.05, 3.63) is 42.0 Å². The highest BCUT2D eigenvalue weighted by atomic mass is 19.4. The van der Waals surface area contributed by atoms with Gasteiger partial charge in [0.25, 0.3) is 0 Å². The van der Waals surface area contributed by atoms with Gasteiger partial charge >= 0.3 is 12.1 Å². The van der Waals surface area contributed by atoms with Crippen LogP contribution in [0.2, 0.25) is 0 Å². The number of hydrogen-bond acceptors (Lipinski definition) is 3. The summed E-state index contributed by atoms with van der Waals surface area (Å²) in [5.41, 5.74) is 0.910. The van der Waals surface area contributed by atoms with Gasteiger partial charge in [0, 0.05) is 5.69 Å². The van der Waals surface area contributed by atoms with Gasteiger partial charge in [0.15, 0.2) is 0 Å². The summed E-state index contributed by atoms with van der Waals surface area (Å²) in [5.74, 6) is -3.29. The molecule has 6 rings (SSSR count). The Kier molecular flexibility index (Phi) is 4.14. The van der Waals surface area contributed by atoms with Gasteiger partial charge < -0.3 is 0 Å². The molecule has 1 aromatic carbocycles. The Labute approximate surface area is 171 Å². The molecule has 0 unspecified atom stereocenters. The van der Waals surface area contributed by atoms with Crippen molar-refractivity contribution in [2.45, 2.75) is 25.9 Å². The SMILES string of the molecule is CCc1ccc(N(CN2C(=O)[C@@H]3[C@@H]4C=C[C@H]([C@@H]5C[C@H]45)[C@H]3C2=O)C(=O)C(F)(F)F)cc1. The van der Waals surface area contributed by atoms with E-state index in [9.17, 15) is 27.6 Å². The van der Waals surface area contributed by atoms with Crippen LogP contribution in [0.5, 0.6) is 0 Å². The van der Waals surface area contributed by atoms with Crippen molar-refractivity contribution in [2.24, 2.45) is 35.5 Å². The quantitative estimate of drug-likeness (QED) is 0.558. The van der Waals surface area contributed by atoms with E-state index in [2.05, 4.69) is 0 Å². The fourth-order valence-corrected chi connectivity index (χ4v) is 5.63. The molecular weight excluding hydrogens is 397 g/mol. The van der Waals surface area contributed by atoms with E-state index in [0.717, 1.165) is 16.9 Å². The monoisotopic (exact) mass is 418 g/mol. The van der Waals surface area contributed by atoms with Crippen LogP contribution in [-0.4, -0.2) is 35.5 Å². The van der Waals surface area contributed by atoms with Crippen LogP contribution < -0.4 is 4.90 Å². The lowest BCUT2D eigenvalue weighted by molar-refractivity contribution is -0.171. The number of amides is 3. The second-order valence-corrected chi connectivity index (χ2v) is 8.65. The van der Waals surface area contributed by atoms with Gasteiger partial charge in [0.05, 0.1) is 11.8 Å². The first-order chi connectivity index (χ1) is 14.2. The molecule has 5 nitrogen and oxygen atoms in total. The minimum Gasteiger partial charge on any atom is -0.286 e. The summed E-state index contributed by atoms with van der Waals surface area (Å²) in [6, 6.07) is 6.11.